The molecule has 2 rings (SSSR count). The Balaban J connectivity index is 2.36. The van der Waals surface area contributed by atoms with Gasteiger partial charge in [-0.05, 0) is 28.1 Å². The van der Waals surface area contributed by atoms with Gasteiger partial charge in [-0.25, -0.2) is 9.37 Å². The van der Waals surface area contributed by atoms with Crippen LogP contribution >= 0.6 is 15.9 Å². The van der Waals surface area contributed by atoms with Crippen LogP contribution in [0.25, 0.3) is 0 Å². The van der Waals surface area contributed by atoms with Gasteiger partial charge in [0.25, 0.3) is 0 Å². The van der Waals surface area contributed by atoms with Gasteiger partial charge in [-0.3, -0.25) is 0 Å². The van der Waals surface area contributed by atoms with Crippen LogP contribution in [0.1, 0.15) is 26.6 Å². The van der Waals surface area contributed by atoms with Crippen LogP contribution in [0.15, 0.2) is 34.9 Å². The second-order valence-electron chi connectivity index (χ2n) is 5.13. The van der Waals surface area contributed by atoms with Gasteiger partial charge in [-0.2, -0.15) is 4.98 Å². The minimum absolute atomic E-state index is 0.146. The number of nitrogens with zero attached hydrogens (tertiary/aromatic N) is 2. The summed E-state index contributed by atoms with van der Waals surface area (Å²) in [5.41, 5.74) is -0.211. The molecule has 0 saturated carbocycles. The lowest BCUT2D eigenvalue weighted by atomic mass is 9.96. The average molecular weight is 325 g/mol. The van der Waals surface area contributed by atoms with E-state index in [0.717, 1.165) is 0 Å². The van der Waals surface area contributed by atoms with Crippen molar-refractivity contribution >= 4 is 15.9 Å². The van der Waals surface area contributed by atoms with E-state index in [9.17, 15) is 4.39 Å². The molecule has 0 spiro atoms. The van der Waals surface area contributed by atoms with Gasteiger partial charge in [-0.1, -0.05) is 32.9 Å². The number of hydrogen-bond acceptors (Lipinski definition) is 3. The van der Waals surface area contributed by atoms with Crippen molar-refractivity contribution in [2.24, 2.45) is 0 Å². The summed E-state index contributed by atoms with van der Waals surface area (Å²) in [5.74, 6) is 0.674. The molecule has 0 unspecified atom stereocenters. The Labute approximate surface area is 120 Å². The average Bonchev–Trinajstić information content (AvgIpc) is 2.30. The van der Waals surface area contributed by atoms with Crippen LogP contribution < -0.4 is 4.74 Å². The predicted octanol–water partition coefficient (Wildman–Crippen LogP) is 4.47. The molecule has 0 N–H and O–H groups in total. The number of para-hydroxylation sites is 1. The quantitative estimate of drug-likeness (QED) is 0.764. The highest BCUT2D eigenvalue weighted by Gasteiger charge is 2.19. The molecule has 0 radical (unpaired) electrons. The summed E-state index contributed by atoms with van der Waals surface area (Å²) >= 11 is 3.31. The van der Waals surface area contributed by atoms with Crippen molar-refractivity contribution in [1.29, 1.82) is 0 Å². The fraction of sp³-hybridized carbons (Fsp3) is 0.286. The van der Waals surface area contributed by atoms with E-state index in [2.05, 4.69) is 25.9 Å². The number of aromatic nitrogens is 2. The molecular weight excluding hydrogens is 311 g/mol. The molecule has 0 fully saturated rings. The maximum Gasteiger partial charge on any atom is 0.223 e. The van der Waals surface area contributed by atoms with E-state index >= 15 is 0 Å². The molecule has 1 aromatic carbocycles. The second-order valence-corrected chi connectivity index (χ2v) is 5.95. The Kier molecular flexibility index (Phi) is 3.85. The molecule has 0 saturated heterocycles. The standard InChI is InChI=1S/C14H14BrFN2O/c1-14(2,3)13-17-11(15)8-12(18-13)19-10-7-5-4-6-9(10)16/h4-8H,1-3H3. The second kappa shape index (κ2) is 5.25. The van der Waals surface area contributed by atoms with Gasteiger partial charge < -0.3 is 4.74 Å². The van der Waals surface area contributed by atoms with Crippen molar-refractivity contribution in [3.05, 3.63) is 46.6 Å². The van der Waals surface area contributed by atoms with E-state index in [1.807, 2.05) is 20.8 Å². The molecule has 0 amide bonds. The third kappa shape index (κ3) is 3.50. The third-order valence-corrected chi connectivity index (χ3v) is 2.80. The maximum absolute atomic E-state index is 13.5. The summed E-state index contributed by atoms with van der Waals surface area (Å²) in [7, 11) is 0. The van der Waals surface area contributed by atoms with E-state index in [1.165, 1.54) is 6.07 Å². The molecule has 0 aliphatic heterocycles. The third-order valence-electron chi connectivity index (χ3n) is 2.39. The first kappa shape index (κ1) is 13.9. The zero-order valence-electron chi connectivity index (χ0n) is 10.9. The smallest absolute Gasteiger partial charge is 0.223 e. The molecular formula is C14H14BrFN2O. The minimum atomic E-state index is -0.422. The first-order chi connectivity index (χ1) is 8.86. The summed E-state index contributed by atoms with van der Waals surface area (Å²) in [6, 6.07) is 7.83. The Hall–Kier alpha value is -1.49. The Morgan fingerprint density at radius 2 is 1.84 bits per heavy atom. The van der Waals surface area contributed by atoms with E-state index in [-0.39, 0.29) is 11.2 Å². The van der Waals surface area contributed by atoms with Crippen LogP contribution in [0.2, 0.25) is 0 Å². The molecule has 3 nitrogen and oxygen atoms in total. The molecule has 0 aliphatic rings. The van der Waals surface area contributed by atoms with Crippen LogP contribution in [0.3, 0.4) is 0 Å². The molecule has 100 valence electrons. The van der Waals surface area contributed by atoms with Gasteiger partial charge in [0.15, 0.2) is 11.6 Å². The van der Waals surface area contributed by atoms with Gasteiger partial charge in [0.05, 0.1) is 0 Å². The largest absolute Gasteiger partial charge is 0.436 e. The number of ether oxygens (including phenoxy) is 1. The molecule has 2 aromatic rings. The zero-order valence-corrected chi connectivity index (χ0v) is 12.5. The van der Waals surface area contributed by atoms with Crippen LogP contribution in [0.4, 0.5) is 4.39 Å². The van der Waals surface area contributed by atoms with Crippen LogP contribution in [0, 0.1) is 5.82 Å². The Morgan fingerprint density at radius 3 is 2.47 bits per heavy atom. The van der Waals surface area contributed by atoms with Crippen molar-refractivity contribution in [3.63, 3.8) is 0 Å². The minimum Gasteiger partial charge on any atom is -0.436 e. The SMILES string of the molecule is CC(C)(C)c1nc(Br)cc(Oc2ccccc2F)n1. The highest BCUT2D eigenvalue weighted by Crippen LogP contribution is 2.27. The van der Waals surface area contributed by atoms with Gasteiger partial charge in [0.1, 0.15) is 10.4 Å². The predicted molar refractivity (Wildman–Crippen MR) is 74.9 cm³/mol. The first-order valence-corrected chi connectivity index (χ1v) is 6.63. The van der Waals surface area contributed by atoms with Crippen molar-refractivity contribution < 1.29 is 9.13 Å². The van der Waals surface area contributed by atoms with Crippen molar-refractivity contribution in [2.45, 2.75) is 26.2 Å². The molecule has 5 heteroatoms. The number of benzene rings is 1. The summed E-state index contributed by atoms with van der Waals surface area (Å²) in [6.45, 7) is 6.00. The molecule has 1 aromatic heterocycles. The van der Waals surface area contributed by atoms with Crippen LogP contribution in [-0.4, -0.2) is 9.97 Å². The topological polar surface area (TPSA) is 35.0 Å². The molecule has 0 bridgehead atoms. The zero-order chi connectivity index (χ0) is 14.0. The van der Waals surface area contributed by atoms with Crippen molar-refractivity contribution in [2.75, 3.05) is 0 Å². The normalized spacial score (nSPS) is 11.4. The Bertz CT molecular complexity index is 596. The summed E-state index contributed by atoms with van der Waals surface area (Å²) in [4.78, 5) is 8.61. The molecule has 19 heavy (non-hydrogen) atoms. The highest BCUT2D eigenvalue weighted by atomic mass is 79.9. The van der Waals surface area contributed by atoms with E-state index in [1.54, 1.807) is 24.3 Å². The van der Waals surface area contributed by atoms with E-state index in [0.29, 0.717) is 16.3 Å². The monoisotopic (exact) mass is 324 g/mol. The first-order valence-electron chi connectivity index (χ1n) is 5.84. The van der Waals surface area contributed by atoms with Crippen molar-refractivity contribution in [1.82, 2.24) is 9.97 Å². The summed E-state index contributed by atoms with van der Waals surface area (Å²) in [6.07, 6.45) is 0. The van der Waals surface area contributed by atoms with Gasteiger partial charge in [-0.15, -0.1) is 0 Å². The van der Waals surface area contributed by atoms with E-state index in [4.69, 9.17) is 4.74 Å². The van der Waals surface area contributed by atoms with Crippen molar-refractivity contribution in [3.8, 4) is 11.6 Å². The van der Waals surface area contributed by atoms with Gasteiger partial charge in [0.2, 0.25) is 5.88 Å². The summed E-state index contributed by atoms with van der Waals surface area (Å²) < 4.78 is 19.6. The number of halogens is 2. The van der Waals surface area contributed by atoms with Gasteiger partial charge >= 0.3 is 0 Å². The number of rotatable bonds is 2. The lowest BCUT2D eigenvalue weighted by molar-refractivity contribution is 0.416. The fourth-order valence-electron chi connectivity index (χ4n) is 1.42. The van der Waals surface area contributed by atoms with Crippen LogP contribution in [-0.2, 0) is 5.41 Å². The van der Waals surface area contributed by atoms with Crippen LogP contribution in [0.5, 0.6) is 11.6 Å². The van der Waals surface area contributed by atoms with E-state index < -0.39 is 5.82 Å². The highest BCUT2D eigenvalue weighted by molar-refractivity contribution is 9.10. The molecule has 0 atom stereocenters. The lowest BCUT2D eigenvalue weighted by Crippen LogP contribution is -2.16. The summed E-state index contributed by atoms with van der Waals surface area (Å²) in [5, 5.41) is 0. The number of hydrogen-bond donors (Lipinski definition) is 0. The molecule has 1 heterocycles. The fourth-order valence-corrected chi connectivity index (χ4v) is 1.79. The lowest BCUT2D eigenvalue weighted by Gasteiger charge is -2.17. The molecule has 0 aliphatic carbocycles. The Morgan fingerprint density at radius 1 is 1.16 bits per heavy atom. The van der Waals surface area contributed by atoms with Gasteiger partial charge in [0, 0.05) is 11.5 Å². The maximum atomic E-state index is 13.5.